The Hall–Kier alpha value is -2.59. The number of nitriles is 1. The third-order valence-electron chi connectivity index (χ3n) is 4.51. The Morgan fingerprint density at radius 2 is 1.84 bits per heavy atom. The van der Waals surface area contributed by atoms with Gasteiger partial charge in [-0.05, 0) is 26.0 Å². The van der Waals surface area contributed by atoms with Gasteiger partial charge in [-0.2, -0.15) is 5.26 Å². The summed E-state index contributed by atoms with van der Waals surface area (Å²) >= 11 is 0. The van der Waals surface area contributed by atoms with Crippen LogP contribution in [-0.4, -0.2) is 41.0 Å². The fourth-order valence-electron chi connectivity index (χ4n) is 3.10. The lowest BCUT2D eigenvalue weighted by Crippen LogP contribution is -2.48. The largest absolute Gasteiger partial charge is 0.338 e. The number of nitrogens with zero attached hydrogens (tertiary/aromatic N) is 5. The van der Waals surface area contributed by atoms with Crippen LogP contribution < -0.4 is 4.90 Å². The molecule has 2 heterocycles. The molecule has 1 aliphatic heterocycles. The molecule has 1 fully saturated rings. The maximum atomic E-state index is 14.0. The molecule has 3 rings (SSSR count). The minimum Gasteiger partial charge on any atom is -0.338 e. The lowest BCUT2D eigenvalue weighted by molar-refractivity contribution is 0.194. The zero-order chi connectivity index (χ0) is 18.0. The van der Waals surface area contributed by atoms with Crippen molar-refractivity contribution in [1.82, 2.24) is 14.9 Å². The first kappa shape index (κ1) is 17.2. The third kappa shape index (κ3) is 3.74. The van der Waals surface area contributed by atoms with Gasteiger partial charge in [0.05, 0.1) is 0 Å². The molecule has 0 saturated carbocycles. The number of hydrogen-bond donors (Lipinski definition) is 0. The summed E-state index contributed by atoms with van der Waals surface area (Å²) in [4.78, 5) is 12.8. The van der Waals surface area contributed by atoms with Gasteiger partial charge in [0, 0.05) is 49.5 Å². The van der Waals surface area contributed by atoms with Crippen molar-refractivity contribution in [2.24, 2.45) is 0 Å². The summed E-state index contributed by atoms with van der Waals surface area (Å²) in [6.07, 6.45) is 0. The Bertz CT molecular complexity index is 810. The van der Waals surface area contributed by atoms with Gasteiger partial charge in [0.15, 0.2) is 0 Å². The Morgan fingerprint density at radius 3 is 2.48 bits per heavy atom. The molecule has 0 aliphatic carbocycles. The minimum atomic E-state index is -0.567. The summed E-state index contributed by atoms with van der Waals surface area (Å²) in [6, 6.07) is 7.27. The van der Waals surface area contributed by atoms with Crippen LogP contribution >= 0.6 is 0 Å². The highest BCUT2D eigenvalue weighted by molar-refractivity contribution is 5.36. The van der Waals surface area contributed by atoms with Crippen molar-refractivity contribution >= 4 is 5.95 Å². The quantitative estimate of drug-likeness (QED) is 0.858. The van der Waals surface area contributed by atoms with Gasteiger partial charge in [0.2, 0.25) is 5.95 Å². The molecule has 130 valence electrons. The Kier molecular flexibility index (Phi) is 4.91. The second kappa shape index (κ2) is 7.11. The van der Waals surface area contributed by atoms with Crippen LogP contribution in [0.4, 0.5) is 14.7 Å². The summed E-state index contributed by atoms with van der Waals surface area (Å²) < 4.78 is 27.1. The summed E-state index contributed by atoms with van der Waals surface area (Å²) in [7, 11) is 0. The standard InChI is InChI=1S/C18H19F2N5/c1-12-9-15(11-21)23-18(22-12)25-7-5-24(6-8-25)13(2)16-4-3-14(19)10-17(16)20/h3-4,9-10,13H,5-8H2,1-2H3. The highest BCUT2D eigenvalue weighted by Gasteiger charge is 2.25. The van der Waals surface area contributed by atoms with E-state index in [0.29, 0.717) is 43.4 Å². The van der Waals surface area contributed by atoms with Gasteiger partial charge >= 0.3 is 0 Å². The van der Waals surface area contributed by atoms with Crippen LogP contribution in [0.2, 0.25) is 0 Å². The maximum absolute atomic E-state index is 14.0. The molecule has 1 aromatic heterocycles. The van der Waals surface area contributed by atoms with Gasteiger partial charge in [-0.25, -0.2) is 18.7 Å². The predicted octanol–water partition coefficient (Wildman–Crippen LogP) is 2.82. The Labute approximate surface area is 145 Å². The van der Waals surface area contributed by atoms with Crippen LogP contribution in [0.25, 0.3) is 0 Å². The van der Waals surface area contributed by atoms with Crippen molar-refractivity contribution in [3.05, 3.63) is 52.9 Å². The molecular formula is C18H19F2N5. The molecule has 0 amide bonds. The second-order valence-corrected chi connectivity index (χ2v) is 6.17. The number of benzene rings is 1. The van der Waals surface area contributed by atoms with Crippen LogP contribution in [0, 0.1) is 29.9 Å². The number of rotatable bonds is 3. The van der Waals surface area contributed by atoms with Gasteiger partial charge in [0.1, 0.15) is 23.4 Å². The van der Waals surface area contributed by atoms with Gasteiger partial charge < -0.3 is 4.90 Å². The fraction of sp³-hybridized carbons (Fsp3) is 0.389. The van der Waals surface area contributed by atoms with Crippen molar-refractivity contribution in [2.75, 3.05) is 31.1 Å². The van der Waals surface area contributed by atoms with E-state index >= 15 is 0 Å². The van der Waals surface area contributed by atoms with Crippen LogP contribution in [0.1, 0.15) is 29.9 Å². The zero-order valence-electron chi connectivity index (χ0n) is 14.2. The second-order valence-electron chi connectivity index (χ2n) is 6.17. The van der Waals surface area contributed by atoms with E-state index in [-0.39, 0.29) is 6.04 Å². The van der Waals surface area contributed by atoms with Gasteiger partial charge in [-0.1, -0.05) is 6.07 Å². The van der Waals surface area contributed by atoms with Gasteiger partial charge in [-0.15, -0.1) is 0 Å². The fourth-order valence-corrected chi connectivity index (χ4v) is 3.10. The lowest BCUT2D eigenvalue weighted by Gasteiger charge is -2.38. The first-order valence-electron chi connectivity index (χ1n) is 8.17. The van der Waals surface area contributed by atoms with Gasteiger partial charge in [0.25, 0.3) is 0 Å². The highest BCUT2D eigenvalue weighted by atomic mass is 19.1. The molecule has 1 saturated heterocycles. The first-order valence-corrected chi connectivity index (χ1v) is 8.17. The molecule has 2 aromatic rings. The van der Waals surface area contributed by atoms with E-state index in [1.165, 1.54) is 12.1 Å². The van der Waals surface area contributed by atoms with E-state index < -0.39 is 11.6 Å². The number of aromatic nitrogens is 2. The molecule has 0 spiro atoms. The Morgan fingerprint density at radius 1 is 1.12 bits per heavy atom. The van der Waals surface area contributed by atoms with Crippen molar-refractivity contribution in [3.8, 4) is 6.07 Å². The minimum absolute atomic E-state index is 0.143. The van der Waals surface area contributed by atoms with E-state index in [1.54, 1.807) is 6.07 Å². The topological polar surface area (TPSA) is 56.1 Å². The summed E-state index contributed by atoms with van der Waals surface area (Å²) in [5.41, 5.74) is 1.60. The monoisotopic (exact) mass is 343 g/mol. The maximum Gasteiger partial charge on any atom is 0.226 e. The van der Waals surface area contributed by atoms with E-state index in [1.807, 2.05) is 24.8 Å². The molecule has 7 heteroatoms. The van der Waals surface area contributed by atoms with E-state index in [9.17, 15) is 8.78 Å². The number of piperazine rings is 1. The first-order chi connectivity index (χ1) is 12.0. The number of hydrogen-bond acceptors (Lipinski definition) is 5. The SMILES string of the molecule is Cc1cc(C#N)nc(N2CCN(C(C)c3ccc(F)cc3F)CC2)n1. The van der Waals surface area contributed by atoms with Gasteiger partial charge in [-0.3, -0.25) is 4.90 Å². The number of anilines is 1. The molecule has 25 heavy (non-hydrogen) atoms. The van der Waals surface area contributed by atoms with Crippen LogP contribution in [0.5, 0.6) is 0 Å². The summed E-state index contributed by atoms with van der Waals surface area (Å²) in [6.45, 7) is 6.53. The molecule has 1 atom stereocenters. The zero-order valence-corrected chi connectivity index (χ0v) is 14.2. The lowest BCUT2D eigenvalue weighted by atomic mass is 10.1. The summed E-state index contributed by atoms with van der Waals surface area (Å²) in [5, 5.41) is 9.04. The molecule has 1 unspecified atom stereocenters. The Balaban J connectivity index is 1.69. The third-order valence-corrected chi connectivity index (χ3v) is 4.51. The molecule has 1 aromatic carbocycles. The molecule has 0 radical (unpaired) electrons. The smallest absolute Gasteiger partial charge is 0.226 e. The van der Waals surface area contributed by atoms with Crippen molar-refractivity contribution in [3.63, 3.8) is 0 Å². The van der Waals surface area contributed by atoms with Crippen LogP contribution in [0.3, 0.4) is 0 Å². The van der Waals surface area contributed by atoms with E-state index in [2.05, 4.69) is 14.9 Å². The molecular weight excluding hydrogens is 324 g/mol. The average Bonchev–Trinajstić information content (AvgIpc) is 2.61. The number of aryl methyl sites for hydroxylation is 1. The highest BCUT2D eigenvalue weighted by Crippen LogP contribution is 2.25. The van der Waals surface area contributed by atoms with Crippen molar-refractivity contribution in [1.29, 1.82) is 5.26 Å². The van der Waals surface area contributed by atoms with Crippen LogP contribution in [-0.2, 0) is 0 Å². The molecule has 5 nitrogen and oxygen atoms in total. The molecule has 0 bridgehead atoms. The van der Waals surface area contributed by atoms with Crippen LogP contribution in [0.15, 0.2) is 24.3 Å². The van der Waals surface area contributed by atoms with E-state index in [4.69, 9.17) is 5.26 Å². The molecule has 1 aliphatic rings. The van der Waals surface area contributed by atoms with Crippen molar-refractivity contribution < 1.29 is 8.78 Å². The summed E-state index contributed by atoms with van der Waals surface area (Å²) in [5.74, 6) is -0.532. The molecule has 0 N–H and O–H groups in total. The normalized spacial score (nSPS) is 16.5. The average molecular weight is 343 g/mol. The predicted molar refractivity (Wildman–Crippen MR) is 90.0 cm³/mol. The van der Waals surface area contributed by atoms with E-state index in [0.717, 1.165) is 11.8 Å². The van der Waals surface area contributed by atoms with Crippen molar-refractivity contribution in [2.45, 2.75) is 19.9 Å². The number of halogens is 2.